The number of amides is 1. The fourth-order valence-electron chi connectivity index (χ4n) is 0.844. The fraction of sp³-hybridized carbons (Fsp3) is 0.571. The maximum absolute atomic E-state index is 11.8. The van der Waals surface area contributed by atoms with E-state index in [9.17, 15) is 18.0 Å². The van der Waals surface area contributed by atoms with Crippen molar-refractivity contribution in [2.45, 2.75) is 18.8 Å². The summed E-state index contributed by atoms with van der Waals surface area (Å²) >= 11 is 0. The number of halogens is 3. The third kappa shape index (κ3) is 3.85. The van der Waals surface area contributed by atoms with Crippen molar-refractivity contribution in [2.75, 3.05) is 6.54 Å². The average molecular weight is 238 g/mol. The molecule has 1 aromatic rings. The normalized spacial score (nSPS) is 13.5. The summed E-state index contributed by atoms with van der Waals surface area (Å²) in [5.41, 5.74) is 0. The molecular formula is C7H9F3N4O2. The Hall–Kier alpha value is -1.64. The molecule has 6 nitrogen and oxygen atoms in total. The molecule has 0 fully saturated rings. The van der Waals surface area contributed by atoms with Gasteiger partial charge in [0.05, 0.1) is 6.54 Å². The highest BCUT2D eigenvalue weighted by atomic mass is 19.4. The van der Waals surface area contributed by atoms with E-state index in [-0.39, 0.29) is 6.54 Å². The molecule has 0 aromatic carbocycles. The van der Waals surface area contributed by atoms with Gasteiger partial charge in [-0.15, -0.1) is 0 Å². The number of nitrogens with zero attached hydrogens (tertiary/aromatic N) is 3. The molecule has 2 N–H and O–H groups in total. The van der Waals surface area contributed by atoms with Crippen molar-refractivity contribution in [3.63, 3.8) is 0 Å². The molecule has 0 bridgehead atoms. The smallest absolute Gasteiger partial charge is 0.382 e. The number of aromatic nitrogens is 3. The third-order valence-corrected chi connectivity index (χ3v) is 1.64. The van der Waals surface area contributed by atoms with Crippen LogP contribution in [0.1, 0.15) is 0 Å². The van der Waals surface area contributed by atoms with Crippen LogP contribution in [0.3, 0.4) is 0 Å². The molecule has 0 saturated carbocycles. The van der Waals surface area contributed by atoms with Crippen LogP contribution >= 0.6 is 0 Å². The molecule has 0 radical (unpaired) electrons. The van der Waals surface area contributed by atoms with E-state index < -0.39 is 24.7 Å². The first-order valence-electron chi connectivity index (χ1n) is 4.23. The van der Waals surface area contributed by atoms with Gasteiger partial charge in [0.15, 0.2) is 6.10 Å². The Morgan fingerprint density at radius 3 is 2.75 bits per heavy atom. The van der Waals surface area contributed by atoms with Crippen LogP contribution in [0.15, 0.2) is 12.7 Å². The maximum Gasteiger partial charge on any atom is 0.416 e. The van der Waals surface area contributed by atoms with Gasteiger partial charge in [0.25, 0.3) is 0 Å². The van der Waals surface area contributed by atoms with E-state index in [1.807, 2.05) is 5.32 Å². The van der Waals surface area contributed by atoms with Crippen molar-refractivity contribution >= 4 is 5.91 Å². The number of hydrogen-bond donors (Lipinski definition) is 2. The van der Waals surface area contributed by atoms with Gasteiger partial charge in [-0.2, -0.15) is 18.3 Å². The summed E-state index contributed by atoms with van der Waals surface area (Å²) in [7, 11) is 0. The zero-order valence-electron chi connectivity index (χ0n) is 7.98. The van der Waals surface area contributed by atoms with Crippen molar-refractivity contribution in [1.29, 1.82) is 0 Å². The summed E-state index contributed by atoms with van der Waals surface area (Å²) in [5.74, 6) is -0.686. The predicted octanol–water partition coefficient (Wildman–Crippen LogP) is -0.682. The molecule has 1 unspecified atom stereocenters. The predicted molar refractivity (Wildman–Crippen MR) is 45.1 cm³/mol. The van der Waals surface area contributed by atoms with E-state index in [2.05, 4.69) is 10.1 Å². The zero-order valence-corrected chi connectivity index (χ0v) is 7.98. The Kier molecular flexibility index (Phi) is 3.82. The summed E-state index contributed by atoms with van der Waals surface area (Å²) in [5, 5.41) is 14.1. The van der Waals surface area contributed by atoms with Crippen LogP contribution in [-0.2, 0) is 11.3 Å². The van der Waals surface area contributed by atoms with E-state index in [4.69, 9.17) is 5.11 Å². The Labute approximate surface area is 88.1 Å². The highest BCUT2D eigenvalue weighted by Gasteiger charge is 2.38. The minimum atomic E-state index is -4.74. The summed E-state index contributed by atoms with van der Waals surface area (Å²) in [4.78, 5) is 14.6. The van der Waals surface area contributed by atoms with Crippen molar-refractivity contribution in [3.05, 3.63) is 12.7 Å². The standard InChI is InChI=1S/C7H9F3N4O2/c8-7(9,10)5(15)1-12-6(16)2-14-4-11-3-13-14/h3-5,15H,1-2H2,(H,12,16). The second-order valence-corrected chi connectivity index (χ2v) is 2.95. The molecule has 0 aliphatic rings. The first-order valence-corrected chi connectivity index (χ1v) is 4.23. The molecule has 0 saturated heterocycles. The highest BCUT2D eigenvalue weighted by Crippen LogP contribution is 2.18. The number of aliphatic hydroxyl groups excluding tert-OH is 1. The molecule has 0 aliphatic heterocycles. The topological polar surface area (TPSA) is 80.0 Å². The Morgan fingerprint density at radius 1 is 1.56 bits per heavy atom. The largest absolute Gasteiger partial charge is 0.416 e. The van der Waals surface area contributed by atoms with E-state index in [0.717, 1.165) is 4.68 Å². The van der Waals surface area contributed by atoms with Crippen LogP contribution in [0, 0.1) is 0 Å². The molecule has 9 heteroatoms. The number of aliphatic hydroxyl groups is 1. The lowest BCUT2D eigenvalue weighted by Gasteiger charge is -2.14. The number of hydrogen-bond acceptors (Lipinski definition) is 4. The minimum absolute atomic E-state index is 0.245. The average Bonchev–Trinajstić information content (AvgIpc) is 2.65. The lowest BCUT2D eigenvalue weighted by atomic mass is 10.3. The molecule has 0 aliphatic carbocycles. The van der Waals surface area contributed by atoms with Gasteiger partial charge in [-0.25, -0.2) is 9.67 Å². The van der Waals surface area contributed by atoms with Crippen molar-refractivity contribution in [1.82, 2.24) is 20.1 Å². The van der Waals surface area contributed by atoms with Gasteiger partial charge in [0.1, 0.15) is 19.2 Å². The number of carbonyl (C=O) groups excluding carboxylic acids is 1. The number of alkyl halides is 3. The van der Waals surface area contributed by atoms with Gasteiger partial charge in [-0.3, -0.25) is 4.79 Å². The molecule has 1 aromatic heterocycles. The van der Waals surface area contributed by atoms with Crippen LogP contribution in [0.2, 0.25) is 0 Å². The van der Waals surface area contributed by atoms with Crippen molar-refractivity contribution < 1.29 is 23.1 Å². The molecule has 1 atom stereocenters. The molecule has 1 rings (SSSR count). The number of rotatable bonds is 4. The van der Waals surface area contributed by atoms with Crippen molar-refractivity contribution in [3.8, 4) is 0 Å². The minimum Gasteiger partial charge on any atom is -0.382 e. The van der Waals surface area contributed by atoms with Crippen LogP contribution < -0.4 is 5.32 Å². The lowest BCUT2D eigenvalue weighted by molar-refractivity contribution is -0.201. The van der Waals surface area contributed by atoms with E-state index in [1.54, 1.807) is 0 Å². The Bertz CT molecular complexity index is 338. The first-order chi connectivity index (χ1) is 7.39. The van der Waals surface area contributed by atoms with Gasteiger partial charge >= 0.3 is 6.18 Å². The maximum atomic E-state index is 11.8. The van der Waals surface area contributed by atoms with Gasteiger partial charge in [-0.05, 0) is 0 Å². The second-order valence-electron chi connectivity index (χ2n) is 2.95. The quantitative estimate of drug-likeness (QED) is 0.728. The van der Waals surface area contributed by atoms with Crippen LogP contribution in [0.5, 0.6) is 0 Å². The molecule has 90 valence electrons. The summed E-state index contributed by atoms with van der Waals surface area (Å²) in [6, 6.07) is 0. The Morgan fingerprint density at radius 2 is 2.25 bits per heavy atom. The van der Waals surface area contributed by atoms with Gasteiger partial charge in [0.2, 0.25) is 5.91 Å². The van der Waals surface area contributed by atoms with Crippen LogP contribution in [0.4, 0.5) is 13.2 Å². The van der Waals surface area contributed by atoms with Gasteiger partial charge in [-0.1, -0.05) is 0 Å². The SMILES string of the molecule is O=C(Cn1cncn1)NCC(O)C(F)(F)F. The highest BCUT2D eigenvalue weighted by molar-refractivity contribution is 5.75. The molecular weight excluding hydrogens is 229 g/mol. The van der Waals surface area contributed by atoms with Gasteiger partial charge in [0, 0.05) is 0 Å². The first kappa shape index (κ1) is 12.4. The Balaban J connectivity index is 2.31. The van der Waals surface area contributed by atoms with E-state index >= 15 is 0 Å². The number of nitrogens with one attached hydrogen (secondary N) is 1. The summed E-state index contributed by atoms with van der Waals surface area (Å²) in [6.45, 7) is -1.12. The van der Waals surface area contributed by atoms with Crippen molar-refractivity contribution in [2.24, 2.45) is 0 Å². The van der Waals surface area contributed by atoms with Gasteiger partial charge < -0.3 is 10.4 Å². The van der Waals surface area contributed by atoms with E-state index in [1.165, 1.54) is 12.7 Å². The fourth-order valence-corrected chi connectivity index (χ4v) is 0.844. The third-order valence-electron chi connectivity index (χ3n) is 1.64. The summed E-state index contributed by atoms with van der Waals surface area (Å²) < 4.78 is 36.7. The van der Waals surface area contributed by atoms with E-state index in [0.29, 0.717) is 0 Å². The van der Waals surface area contributed by atoms with Crippen LogP contribution in [-0.4, -0.2) is 44.6 Å². The number of carbonyl (C=O) groups is 1. The molecule has 0 spiro atoms. The lowest BCUT2D eigenvalue weighted by Crippen LogP contribution is -2.41. The molecule has 16 heavy (non-hydrogen) atoms. The summed E-state index contributed by atoms with van der Waals surface area (Å²) in [6.07, 6.45) is -4.86. The molecule has 1 amide bonds. The monoisotopic (exact) mass is 238 g/mol. The zero-order chi connectivity index (χ0) is 12.2. The second kappa shape index (κ2) is 4.92. The van der Waals surface area contributed by atoms with Crippen LogP contribution in [0.25, 0.3) is 0 Å². The molecule has 1 heterocycles.